The largest absolute Gasteiger partial charge is 0.492 e. The highest BCUT2D eigenvalue weighted by Crippen LogP contribution is 2.34. The minimum Gasteiger partial charge on any atom is -0.492 e. The summed E-state index contributed by atoms with van der Waals surface area (Å²) in [6.45, 7) is 4.12. The van der Waals surface area contributed by atoms with E-state index in [0.717, 1.165) is 12.2 Å². The predicted molar refractivity (Wildman–Crippen MR) is 106 cm³/mol. The summed E-state index contributed by atoms with van der Waals surface area (Å²) >= 11 is 6.27. The number of carbonyl (C=O) groups is 1. The molecule has 1 aromatic carbocycles. The van der Waals surface area contributed by atoms with Gasteiger partial charge in [0.25, 0.3) is 0 Å². The number of benzene rings is 1. The number of hydrogen-bond donors (Lipinski definition) is 1. The van der Waals surface area contributed by atoms with Gasteiger partial charge in [0, 0.05) is 31.3 Å². The molecule has 5 nitrogen and oxygen atoms in total. The van der Waals surface area contributed by atoms with Crippen LogP contribution in [0.3, 0.4) is 0 Å². The molecule has 1 saturated carbocycles. The molecule has 1 aliphatic rings. The second-order valence-electron chi connectivity index (χ2n) is 6.73. The number of ether oxygens (including phenoxy) is 2. The lowest BCUT2D eigenvalue weighted by molar-refractivity contribution is -0.119. The quantitative estimate of drug-likeness (QED) is 0.704. The Morgan fingerprint density at radius 3 is 2.81 bits per heavy atom. The second kappa shape index (κ2) is 8.91. The van der Waals surface area contributed by atoms with Crippen molar-refractivity contribution in [1.29, 1.82) is 0 Å². The fourth-order valence-corrected chi connectivity index (χ4v) is 2.67. The Balaban J connectivity index is 1.56. The zero-order valence-electron chi connectivity index (χ0n) is 15.4. The molecule has 0 saturated heterocycles. The van der Waals surface area contributed by atoms with Gasteiger partial charge in [-0.05, 0) is 49.4 Å². The maximum absolute atomic E-state index is 11.0. The molecule has 1 aliphatic carbocycles. The molecular weight excluding hydrogens is 364 g/mol. The summed E-state index contributed by atoms with van der Waals surface area (Å²) in [5.41, 5.74) is 0.918. The first-order chi connectivity index (χ1) is 13.0. The topological polar surface area (TPSA) is 60.5 Å². The Kier molecular flexibility index (Phi) is 6.35. The van der Waals surface area contributed by atoms with Crippen molar-refractivity contribution in [2.75, 3.05) is 6.61 Å². The summed E-state index contributed by atoms with van der Waals surface area (Å²) in [6, 6.07) is 9.01. The molecule has 1 heterocycles. The van der Waals surface area contributed by atoms with Crippen molar-refractivity contribution in [3.63, 3.8) is 0 Å². The van der Waals surface area contributed by atoms with Gasteiger partial charge in [-0.3, -0.25) is 4.79 Å². The van der Waals surface area contributed by atoms with Gasteiger partial charge >= 0.3 is 0 Å². The molecule has 142 valence electrons. The number of rotatable bonds is 8. The molecule has 2 aromatic rings. The first-order valence-electron chi connectivity index (χ1n) is 9.01. The number of pyridine rings is 1. The van der Waals surface area contributed by atoms with Crippen molar-refractivity contribution >= 4 is 23.6 Å². The average Bonchev–Trinajstić information content (AvgIpc) is 3.44. The van der Waals surface area contributed by atoms with E-state index in [2.05, 4.69) is 10.3 Å². The van der Waals surface area contributed by atoms with E-state index in [4.69, 9.17) is 21.1 Å². The van der Waals surface area contributed by atoms with E-state index in [-0.39, 0.29) is 11.9 Å². The molecule has 0 radical (unpaired) electrons. The fourth-order valence-electron chi connectivity index (χ4n) is 2.45. The first kappa shape index (κ1) is 19.2. The number of hydrogen-bond acceptors (Lipinski definition) is 4. The van der Waals surface area contributed by atoms with Crippen molar-refractivity contribution in [3.05, 3.63) is 53.2 Å². The minimum atomic E-state index is -0.0587. The summed E-state index contributed by atoms with van der Waals surface area (Å²) in [4.78, 5) is 15.3. The lowest BCUT2D eigenvalue weighted by atomic mass is 10.2. The highest BCUT2D eigenvalue weighted by atomic mass is 35.5. The van der Waals surface area contributed by atoms with Crippen molar-refractivity contribution in [2.45, 2.75) is 32.7 Å². The molecule has 1 aromatic heterocycles. The molecule has 3 rings (SSSR count). The number of nitrogens with one attached hydrogen (secondary N) is 1. The molecule has 0 unspecified atom stereocenters. The number of nitrogens with zero attached hydrogens (tertiary/aromatic N) is 1. The van der Waals surface area contributed by atoms with Gasteiger partial charge in [-0.15, -0.1) is 0 Å². The number of halogens is 1. The van der Waals surface area contributed by atoms with E-state index in [9.17, 15) is 4.79 Å². The lowest BCUT2D eigenvalue weighted by Crippen LogP contribution is -2.28. The van der Waals surface area contributed by atoms with E-state index >= 15 is 0 Å². The van der Waals surface area contributed by atoms with Gasteiger partial charge in [0.15, 0.2) is 0 Å². The van der Waals surface area contributed by atoms with E-state index < -0.39 is 0 Å². The molecule has 0 spiro atoms. The van der Waals surface area contributed by atoms with E-state index in [0.29, 0.717) is 28.3 Å². The Bertz CT molecular complexity index is 817. The monoisotopic (exact) mass is 386 g/mol. The van der Waals surface area contributed by atoms with Crippen LogP contribution in [0.4, 0.5) is 0 Å². The third-order valence-electron chi connectivity index (χ3n) is 4.06. The van der Waals surface area contributed by atoms with Crippen molar-refractivity contribution in [3.8, 4) is 17.4 Å². The minimum absolute atomic E-state index is 0.0405. The van der Waals surface area contributed by atoms with Crippen LogP contribution < -0.4 is 14.8 Å². The van der Waals surface area contributed by atoms with Crippen LogP contribution in [0.1, 0.15) is 32.3 Å². The molecule has 1 fully saturated rings. The highest BCUT2D eigenvalue weighted by molar-refractivity contribution is 6.32. The Morgan fingerprint density at radius 1 is 1.37 bits per heavy atom. The lowest BCUT2D eigenvalue weighted by Gasteiger charge is -2.10. The standard InChI is InChI=1S/C21H23ClN2O3/c1-14(24-15(2)25)3-4-16-7-10-21(23-12-16)27-18-8-9-20(19(22)11-18)26-13-17-5-6-17/h3-4,7-12,14,17H,5-6,13H2,1-2H3,(H,24,25)/b4-3+/t14-/m0/s1. The van der Waals surface area contributed by atoms with Gasteiger partial charge in [-0.1, -0.05) is 23.8 Å². The van der Waals surface area contributed by atoms with Crippen LogP contribution in [0.5, 0.6) is 17.4 Å². The summed E-state index contributed by atoms with van der Waals surface area (Å²) in [7, 11) is 0. The van der Waals surface area contributed by atoms with Crippen LogP contribution in [-0.2, 0) is 4.79 Å². The van der Waals surface area contributed by atoms with E-state index in [1.165, 1.54) is 19.8 Å². The Hall–Kier alpha value is -2.53. The molecule has 1 N–H and O–H groups in total. The van der Waals surface area contributed by atoms with Crippen LogP contribution in [0, 0.1) is 5.92 Å². The third-order valence-corrected chi connectivity index (χ3v) is 4.36. The van der Waals surface area contributed by atoms with Crippen LogP contribution >= 0.6 is 11.6 Å². The normalized spacial score (nSPS) is 14.8. The summed E-state index contributed by atoms with van der Waals surface area (Å²) in [5, 5.41) is 3.32. The zero-order valence-corrected chi connectivity index (χ0v) is 16.2. The Morgan fingerprint density at radius 2 is 2.19 bits per heavy atom. The van der Waals surface area contributed by atoms with Gasteiger partial charge in [0.2, 0.25) is 11.8 Å². The molecule has 27 heavy (non-hydrogen) atoms. The number of carbonyl (C=O) groups excluding carboxylic acids is 1. The Labute approximate surface area is 164 Å². The van der Waals surface area contributed by atoms with Crippen LogP contribution in [-0.4, -0.2) is 23.5 Å². The van der Waals surface area contributed by atoms with Crippen LogP contribution in [0.25, 0.3) is 6.08 Å². The third kappa shape index (κ3) is 6.29. The summed E-state index contributed by atoms with van der Waals surface area (Å²) in [5.74, 6) is 2.38. The zero-order chi connectivity index (χ0) is 19.2. The molecular formula is C21H23ClN2O3. The van der Waals surface area contributed by atoms with Gasteiger partial charge in [-0.25, -0.2) is 4.98 Å². The van der Waals surface area contributed by atoms with E-state index in [1.54, 1.807) is 18.3 Å². The van der Waals surface area contributed by atoms with Crippen molar-refractivity contribution < 1.29 is 14.3 Å². The van der Waals surface area contributed by atoms with Crippen LogP contribution in [0.2, 0.25) is 5.02 Å². The van der Waals surface area contributed by atoms with Crippen molar-refractivity contribution in [2.24, 2.45) is 5.92 Å². The predicted octanol–water partition coefficient (Wildman–Crippen LogP) is 4.85. The number of amides is 1. The summed E-state index contributed by atoms with van der Waals surface area (Å²) in [6.07, 6.45) is 7.99. The average molecular weight is 387 g/mol. The molecule has 1 amide bonds. The number of aromatic nitrogens is 1. The fraction of sp³-hybridized carbons (Fsp3) is 0.333. The van der Waals surface area contributed by atoms with Gasteiger partial charge in [0.1, 0.15) is 11.5 Å². The highest BCUT2D eigenvalue weighted by Gasteiger charge is 2.22. The maximum Gasteiger partial charge on any atom is 0.219 e. The SMILES string of the molecule is CC(=O)N[C@@H](C)/C=C/c1ccc(Oc2ccc(OCC3CC3)c(Cl)c2)nc1. The molecule has 0 bridgehead atoms. The van der Waals surface area contributed by atoms with Gasteiger partial charge in [-0.2, -0.15) is 0 Å². The molecule has 0 aliphatic heterocycles. The van der Waals surface area contributed by atoms with Gasteiger partial charge in [0.05, 0.1) is 11.6 Å². The van der Waals surface area contributed by atoms with Crippen molar-refractivity contribution in [1.82, 2.24) is 10.3 Å². The second-order valence-corrected chi connectivity index (χ2v) is 7.13. The van der Waals surface area contributed by atoms with Crippen LogP contribution in [0.15, 0.2) is 42.6 Å². The molecule has 6 heteroatoms. The molecule has 1 atom stereocenters. The van der Waals surface area contributed by atoms with E-state index in [1.807, 2.05) is 37.3 Å². The van der Waals surface area contributed by atoms with Gasteiger partial charge < -0.3 is 14.8 Å². The maximum atomic E-state index is 11.0. The smallest absolute Gasteiger partial charge is 0.219 e. The first-order valence-corrected chi connectivity index (χ1v) is 9.39. The summed E-state index contributed by atoms with van der Waals surface area (Å²) < 4.78 is 11.5.